The summed E-state index contributed by atoms with van der Waals surface area (Å²) < 4.78 is 0. The van der Waals surface area contributed by atoms with Gasteiger partial charge in [0.25, 0.3) is 0 Å². The lowest BCUT2D eigenvalue weighted by Crippen LogP contribution is -2.24. The second-order valence-electron chi connectivity index (χ2n) is 6.61. The molecule has 2 atom stereocenters. The Hall–Kier alpha value is -1.02. The topological polar surface area (TPSA) is 29.3 Å². The summed E-state index contributed by atoms with van der Waals surface area (Å²) in [7, 11) is 0. The van der Waals surface area contributed by atoms with E-state index in [4.69, 9.17) is 5.73 Å². The summed E-state index contributed by atoms with van der Waals surface area (Å²) in [6.45, 7) is 6.90. The Balaban J connectivity index is 1.92. The van der Waals surface area contributed by atoms with Gasteiger partial charge in [-0.05, 0) is 55.7 Å². The van der Waals surface area contributed by atoms with Crippen molar-refractivity contribution in [2.24, 2.45) is 11.7 Å². The van der Waals surface area contributed by atoms with Gasteiger partial charge in [-0.2, -0.15) is 0 Å². The number of anilines is 1. The standard InChI is InChI=1S/C19H32N2/c1-3-6-16-7-5-13-21(14-12-16)19-10-8-17(9-11-19)15-18(20)4-2/h8-11,16,18H,3-7,12-15,20H2,1-2H3. The van der Waals surface area contributed by atoms with Crippen LogP contribution >= 0.6 is 0 Å². The molecule has 1 aromatic carbocycles. The van der Waals surface area contributed by atoms with Crippen LogP contribution in [0, 0.1) is 5.92 Å². The minimum absolute atomic E-state index is 0.295. The van der Waals surface area contributed by atoms with Crippen LogP contribution in [0.15, 0.2) is 24.3 Å². The summed E-state index contributed by atoms with van der Waals surface area (Å²) in [5.74, 6) is 0.946. The smallest absolute Gasteiger partial charge is 0.0366 e. The van der Waals surface area contributed by atoms with Gasteiger partial charge in [0.1, 0.15) is 0 Å². The highest BCUT2D eigenvalue weighted by molar-refractivity contribution is 5.47. The summed E-state index contributed by atoms with van der Waals surface area (Å²) in [5.41, 5.74) is 8.80. The van der Waals surface area contributed by atoms with E-state index in [1.54, 1.807) is 0 Å². The predicted octanol–water partition coefficient (Wildman–Crippen LogP) is 4.37. The Morgan fingerprint density at radius 3 is 2.57 bits per heavy atom. The van der Waals surface area contributed by atoms with Crippen molar-refractivity contribution in [2.45, 2.75) is 64.8 Å². The molecule has 118 valence electrons. The van der Waals surface area contributed by atoms with Crippen molar-refractivity contribution in [2.75, 3.05) is 18.0 Å². The second-order valence-corrected chi connectivity index (χ2v) is 6.61. The zero-order valence-corrected chi connectivity index (χ0v) is 13.9. The van der Waals surface area contributed by atoms with Crippen LogP contribution in [0.1, 0.15) is 57.9 Å². The summed E-state index contributed by atoms with van der Waals surface area (Å²) in [6.07, 6.45) is 8.89. The molecule has 0 amide bonds. The van der Waals surface area contributed by atoms with Gasteiger partial charge in [0.2, 0.25) is 0 Å². The molecular weight excluding hydrogens is 256 g/mol. The SMILES string of the molecule is CCCC1CCCN(c2ccc(CC(N)CC)cc2)CC1. The average molecular weight is 288 g/mol. The van der Waals surface area contributed by atoms with Gasteiger partial charge in [0.05, 0.1) is 0 Å². The van der Waals surface area contributed by atoms with Crippen LogP contribution in [0.5, 0.6) is 0 Å². The number of hydrogen-bond donors (Lipinski definition) is 1. The molecule has 1 aromatic rings. The monoisotopic (exact) mass is 288 g/mol. The van der Waals surface area contributed by atoms with Crippen molar-refractivity contribution < 1.29 is 0 Å². The van der Waals surface area contributed by atoms with Crippen LogP contribution in [0.4, 0.5) is 5.69 Å². The number of nitrogens with zero attached hydrogens (tertiary/aromatic N) is 1. The van der Waals surface area contributed by atoms with Crippen LogP contribution in [0.2, 0.25) is 0 Å². The Morgan fingerprint density at radius 1 is 1.14 bits per heavy atom. The first-order valence-electron chi connectivity index (χ1n) is 8.82. The fraction of sp³-hybridized carbons (Fsp3) is 0.684. The Labute approximate surface area is 130 Å². The van der Waals surface area contributed by atoms with Crippen LogP contribution in [-0.2, 0) is 6.42 Å². The Bertz CT molecular complexity index is 399. The highest BCUT2D eigenvalue weighted by Gasteiger charge is 2.16. The molecule has 0 aliphatic carbocycles. The maximum Gasteiger partial charge on any atom is 0.0366 e. The summed E-state index contributed by atoms with van der Waals surface area (Å²) >= 11 is 0. The van der Waals surface area contributed by atoms with Gasteiger partial charge in [0, 0.05) is 24.8 Å². The fourth-order valence-electron chi connectivity index (χ4n) is 3.41. The third-order valence-electron chi connectivity index (χ3n) is 4.87. The van der Waals surface area contributed by atoms with E-state index in [-0.39, 0.29) is 0 Å². The molecule has 0 bridgehead atoms. The molecule has 1 saturated heterocycles. The van der Waals surface area contributed by atoms with E-state index < -0.39 is 0 Å². The van der Waals surface area contributed by atoms with Crippen molar-refractivity contribution in [1.29, 1.82) is 0 Å². The van der Waals surface area contributed by atoms with Crippen molar-refractivity contribution in [1.82, 2.24) is 0 Å². The van der Waals surface area contributed by atoms with Crippen LogP contribution < -0.4 is 10.6 Å². The summed E-state index contributed by atoms with van der Waals surface area (Å²) in [5, 5.41) is 0. The molecule has 2 rings (SSSR count). The molecule has 2 nitrogen and oxygen atoms in total. The van der Waals surface area contributed by atoms with Gasteiger partial charge >= 0.3 is 0 Å². The molecule has 0 radical (unpaired) electrons. The molecule has 2 unspecified atom stereocenters. The molecule has 1 aliphatic heterocycles. The number of hydrogen-bond acceptors (Lipinski definition) is 2. The van der Waals surface area contributed by atoms with Gasteiger partial charge < -0.3 is 10.6 Å². The predicted molar refractivity (Wildman–Crippen MR) is 92.9 cm³/mol. The minimum Gasteiger partial charge on any atom is -0.372 e. The second kappa shape index (κ2) is 8.43. The molecule has 2 heteroatoms. The quantitative estimate of drug-likeness (QED) is 0.842. The normalized spacial score (nSPS) is 21.1. The Kier molecular flexibility index (Phi) is 6.56. The van der Waals surface area contributed by atoms with E-state index in [9.17, 15) is 0 Å². The average Bonchev–Trinajstić information content (AvgIpc) is 2.74. The van der Waals surface area contributed by atoms with Gasteiger partial charge in [-0.15, -0.1) is 0 Å². The molecule has 1 fully saturated rings. The lowest BCUT2D eigenvalue weighted by Gasteiger charge is -2.23. The van der Waals surface area contributed by atoms with E-state index in [1.807, 2.05) is 0 Å². The largest absolute Gasteiger partial charge is 0.372 e. The minimum atomic E-state index is 0.295. The van der Waals surface area contributed by atoms with Gasteiger partial charge in [0.15, 0.2) is 0 Å². The third kappa shape index (κ3) is 5.03. The lowest BCUT2D eigenvalue weighted by atomic mass is 9.96. The number of rotatable bonds is 6. The van der Waals surface area contributed by atoms with Gasteiger partial charge in [-0.25, -0.2) is 0 Å². The van der Waals surface area contributed by atoms with Crippen molar-refractivity contribution >= 4 is 5.69 Å². The molecule has 0 aromatic heterocycles. The highest BCUT2D eigenvalue weighted by Crippen LogP contribution is 2.25. The molecule has 21 heavy (non-hydrogen) atoms. The van der Waals surface area contributed by atoms with Crippen LogP contribution in [0.25, 0.3) is 0 Å². The molecule has 2 N–H and O–H groups in total. The Morgan fingerprint density at radius 2 is 1.90 bits per heavy atom. The van der Waals surface area contributed by atoms with Crippen LogP contribution in [0.3, 0.4) is 0 Å². The molecule has 0 saturated carbocycles. The zero-order chi connectivity index (χ0) is 15.1. The molecule has 1 heterocycles. The number of nitrogens with two attached hydrogens (primary N) is 1. The summed E-state index contributed by atoms with van der Waals surface area (Å²) in [6, 6.07) is 9.40. The van der Waals surface area contributed by atoms with E-state index in [0.29, 0.717) is 6.04 Å². The third-order valence-corrected chi connectivity index (χ3v) is 4.87. The maximum atomic E-state index is 6.04. The van der Waals surface area contributed by atoms with E-state index in [1.165, 1.54) is 56.4 Å². The van der Waals surface area contributed by atoms with E-state index >= 15 is 0 Å². The summed E-state index contributed by atoms with van der Waals surface area (Å²) in [4.78, 5) is 2.57. The molecule has 0 spiro atoms. The maximum absolute atomic E-state index is 6.04. The van der Waals surface area contributed by atoms with Crippen LogP contribution in [-0.4, -0.2) is 19.1 Å². The fourth-order valence-corrected chi connectivity index (χ4v) is 3.41. The van der Waals surface area contributed by atoms with Crippen molar-refractivity contribution in [3.63, 3.8) is 0 Å². The first kappa shape index (κ1) is 16.4. The van der Waals surface area contributed by atoms with E-state index in [2.05, 4.69) is 43.0 Å². The highest BCUT2D eigenvalue weighted by atomic mass is 15.1. The first-order chi connectivity index (χ1) is 10.2. The van der Waals surface area contributed by atoms with Crippen molar-refractivity contribution in [3.8, 4) is 0 Å². The first-order valence-corrected chi connectivity index (χ1v) is 8.82. The lowest BCUT2D eigenvalue weighted by molar-refractivity contribution is 0.435. The molecule has 1 aliphatic rings. The number of benzene rings is 1. The molecular formula is C19H32N2. The van der Waals surface area contributed by atoms with Gasteiger partial charge in [-0.1, -0.05) is 38.8 Å². The van der Waals surface area contributed by atoms with Crippen molar-refractivity contribution in [3.05, 3.63) is 29.8 Å². The zero-order valence-electron chi connectivity index (χ0n) is 13.9. The van der Waals surface area contributed by atoms with Gasteiger partial charge in [-0.3, -0.25) is 0 Å². The van der Waals surface area contributed by atoms with E-state index in [0.717, 1.165) is 18.8 Å².